The van der Waals surface area contributed by atoms with E-state index >= 15 is 0 Å². The molecule has 0 saturated carbocycles. The van der Waals surface area contributed by atoms with Crippen molar-refractivity contribution in [3.05, 3.63) is 0 Å². The second-order valence-electron chi connectivity index (χ2n) is 3.75. The zero-order valence-corrected chi connectivity index (χ0v) is 10.7. The molecule has 1 heterocycles. The van der Waals surface area contributed by atoms with Crippen molar-refractivity contribution in [2.45, 2.75) is 19.3 Å². The van der Waals surface area contributed by atoms with Crippen LogP contribution in [0.4, 0.5) is 0 Å². The maximum Gasteiger partial charge on any atom is 0.235 e. The number of halogens is 1. The van der Waals surface area contributed by atoms with E-state index < -0.39 is 10.0 Å². The van der Waals surface area contributed by atoms with Gasteiger partial charge in [-0.2, -0.15) is 4.31 Å². The number of rotatable bonds is 5. The van der Waals surface area contributed by atoms with Gasteiger partial charge in [-0.15, -0.1) is 11.6 Å². The molecule has 94 valence electrons. The summed E-state index contributed by atoms with van der Waals surface area (Å²) in [5.74, 6) is 0.321. The topological polar surface area (TPSA) is 66.5 Å². The molecule has 1 N–H and O–H groups in total. The highest BCUT2D eigenvalue weighted by atomic mass is 35.5. The van der Waals surface area contributed by atoms with Crippen LogP contribution in [0.1, 0.15) is 19.3 Å². The zero-order valence-electron chi connectivity index (χ0n) is 9.12. The van der Waals surface area contributed by atoms with Crippen molar-refractivity contribution >= 4 is 27.5 Å². The van der Waals surface area contributed by atoms with Crippen molar-refractivity contribution in [3.8, 4) is 0 Å². The summed E-state index contributed by atoms with van der Waals surface area (Å²) >= 11 is 5.49. The van der Waals surface area contributed by atoms with E-state index in [9.17, 15) is 13.2 Å². The van der Waals surface area contributed by atoms with E-state index in [2.05, 4.69) is 5.32 Å². The summed E-state index contributed by atoms with van der Waals surface area (Å²) in [6, 6.07) is 0. The van der Waals surface area contributed by atoms with Gasteiger partial charge in [0.25, 0.3) is 0 Å². The van der Waals surface area contributed by atoms with Gasteiger partial charge in [-0.1, -0.05) is 0 Å². The highest BCUT2D eigenvalue weighted by Crippen LogP contribution is 2.08. The van der Waals surface area contributed by atoms with Gasteiger partial charge in [0.15, 0.2) is 0 Å². The molecule has 0 aromatic heterocycles. The summed E-state index contributed by atoms with van der Waals surface area (Å²) < 4.78 is 25.0. The maximum absolute atomic E-state index is 11.9. The van der Waals surface area contributed by atoms with E-state index in [0.717, 1.165) is 0 Å². The van der Waals surface area contributed by atoms with Crippen LogP contribution in [0.5, 0.6) is 0 Å². The lowest BCUT2D eigenvalue weighted by molar-refractivity contribution is -0.120. The maximum atomic E-state index is 11.9. The van der Waals surface area contributed by atoms with Gasteiger partial charge in [0.1, 0.15) is 0 Å². The van der Waals surface area contributed by atoms with E-state index in [1.807, 2.05) is 0 Å². The van der Waals surface area contributed by atoms with Crippen LogP contribution in [0.3, 0.4) is 0 Å². The molecule has 0 unspecified atom stereocenters. The van der Waals surface area contributed by atoms with Crippen LogP contribution in [0.2, 0.25) is 0 Å². The molecular weight excluding hydrogens is 252 g/mol. The molecule has 0 aromatic carbocycles. The van der Waals surface area contributed by atoms with E-state index in [-0.39, 0.29) is 18.2 Å². The van der Waals surface area contributed by atoms with Crippen LogP contribution < -0.4 is 5.32 Å². The average Bonchev–Trinajstić information content (AvgIpc) is 2.43. The molecule has 1 aliphatic heterocycles. The Bertz CT molecular complexity index is 332. The van der Waals surface area contributed by atoms with Crippen molar-refractivity contribution in [3.63, 3.8) is 0 Å². The third kappa shape index (κ3) is 4.27. The van der Waals surface area contributed by atoms with Gasteiger partial charge in [-0.3, -0.25) is 4.79 Å². The molecule has 1 amide bonds. The van der Waals surface area contributed by atoms with Gasteiger partial charge in [0, 0.05) is 19.0 Å². The number of nitrogens with zero attached hydrogens (tertiary/aromatic N) is 1. The number of amides is 1. The van der Waals surface area contributed by atoms with Gasteiger partial charge in [-0.05, 0) is 19.3 Å². The number of sulfonamides is 1. The van der Waals surface area contributed by atoms with Crippen LogP contribution in [0, 0.1) is 0 Å². The molecule has 0 aromatic rings. The summed E-state index contributed by atoms with van der Waals surface area (Å²) in [5.41, 5.74) is 0. The van der Waals surface area contributed by atoms with Gasteiger partial charge >= 0.3 is 0 Å². The third-order valence-electron chi connectivity index (χ3n) is 2.41. The summed E-state index contributed by atoms with van der Waals surface area (Å²) in [5, 5.41) is 2.65. The molecule has 16 heavy (non-hydrogen) atoms. The van der Waals surface area contributed by atoms with Crippen molar-refractivity contribution in [1.82, 2.24) is 9.62 Å². The Balaban J connectivity index is 2.55. The largest absolute Gasteiger partial charge is 0.355 e. The normalized spacial score (nSPS) is 19.2. The summed E-state index contributed by atoms with van der Waals surface area (Å²) in [6.07, 6.45) is 1.89. The van der Waals surface area contributed by atoms with E-state index in [1.54, 1.807) is 0 Å². The van der Waals surface area contributed by atoms with Crippen molar-refractivity contribution in [2.24, 2.45) is 0 Å². The second kappa shape index (κ2) is 6.42. The quantitative estimate of drug-likeness (QED) is 0.570. The number of nitrogens with one attached hydrogen (secondary N) is 1. The van der Waals surface area contributed by atoms with E-state index in [0.29, 0.717) is 38.2 Å². The Morgan fingerprint density at radius 1 is 1.38 bits per heavy atom. The summed E-state index contributed by atoms with van der Waals surface area (Å²) in [4.78, 5) is 11.2. The third-order valence-corrected chi connectivity index (χ3v) is 4.58. The second-order valence-corrected chi connectivity index (χ2v) is 6.22. The molecule has 0 atom stereocenters. The fourth-order valence-electron chi connectivity index (χ4n) is 1.52. The Labute approximate surface area is 101 Å². The monoisotopic (exact) mass is 268 g/mol. The lowest BCUT2D eigenvalue weighted by Gasteiger charge is -2.18. The number of carbonyl (C=O) groups is 1. The zero-order chi connectivity index (χ0) is 12.0. The lowest BCUT2D eigenvalue weighted by Crippen LogP contribution is -2.38. The number of hydrogen-bond donors (Lipinski definition) is 1. The number of alkyl halides is 1. The molecule has 1 rings (SSSR count). The fourth-order valence-corrected chi connectivity index (χ4v) is 3.26. The molecule has 1 fully saturated rings. The van der Waals surface area contributed by atoms with Gasteiger partial charge in [0.05, 0.1) is 12.3 Å². The Morgan fingerprint density at radius 2 is 2.12 bits per heavy atom. The average molecular weight is 269 g/mol. The number of carbonyl (C=O) groups excluding carboxylic acids is 1. The molecule has 1 aliphatic rings. The highest BCUT2D eigenvalue weighted by Gasteiger charge is 2.25. The van der Waals surface area contributed by atoms with Crippen LogP contribution >= 0.6 is 11.6 Å². The van der Waals surface area contributed by atoms with Crippen LogP contribution in [-0.4, -0.2) is 49.9 Å². The first-order valence-corrected chi connectivity index (χ1v) is 7.51. The minimum Gasteiger partial charge on any atom is -0.355 e. The predicted octanol–water partition coefficient (Wildman–Crippen LogP) is 0.157. The number of hydrogen-bond acceptors (Lipinski definition) is 3. The molecule has 0 aliphatic carbocycles. The van der Waals surface area contributed by atoms with Crippen LogP contribution in [0.15, 0.2) is 0 Å². The molecule has 5 nitrogen and oxygen atoms in total. The standard InChI is InChI=1S/C9H17ClN2O3S/c10-4-1-2-7-16(14,15)12-6-3-5-11-9(13)8-12/h1-8H2,(H,11,13). The lowest BCUT2D eigenvalue weighted by atomic mass is 10.4. The van der Waals surface area contributed by atoms with Crippen LogP contribution in [-0.2, 0) is 14.8 Å². The molecule has 7 heteroatoms. The molecule has 0 radical (unpaired) electrons. The minimum atomic E-state index is -3.30. The first kappa shape index (κ1) is 13.7. The SMILES string of the molecule is O=C1CN(S(=O)(=O)CCCCCl)CCCN1. The van der Waals surface area contributed by atoms with Crippen molar-refractivity contribution in [1.29, 1.82) is 0 Å². The van der Waals surface area contributed by atoms with Gasteiger partial charge in [-0.25, -0.2) is 8.42 Å². The molecule has 0 spiro atoms. The van der Waals surface area contributed by atoms with Crippen LogP contribution in [0.25, 0.3) is 0 Å². The van der Waals surface area contributed by atoms with Gasteiger partial charge < -0.3 is 5.32 Å². The first-order chi connectivity index (χ1) is 7.56. The fraction of sp³-hybridized carbons (Fsp3) is 0.889. The Hall–Kier alpha value is -0.330. The summed E-state index contributed by atoms with van der Waals surface area (Å²) in [6.45, 7) is 0.914. The van der Waals surface area contributed by atoms with Crippen molar-refractivity contribution in [2.75, 3.05) is 31.3 Å². The summed E-state index contributed by atoms with van der Waals surface area (Å²) in [7, 11) is -3.30. The van der Waals surface area contributed by atoms with E-state index in [1.165, 1.54) is 4.31 Å². The number of unbranched alkanes of at least 4 members (excludes halogenated alkanes) is 1. The molecular formula is C9H17ClN2O3S. The smallest absolute Gasteiger partial charge is 0.235 e. The van der Waals surface area contributed by atoms with E-state index in [4.69, 9.17) is 11.6 Å². The molecule has 0 bridgehead atoms. The first-order valence-electron chi connectivity index (χ1n) is 5.37. The van der Waals surface area contributed by atoms with Crippen molar-refractivity contribution < 1.29 is 13.2 Å². The Kier molecular flexibility index (Phi) is 5.51. The Morgan fingerprint density at radius 3 is 2.81 bits per heavy atom. The minimum absolute atomic E-state index is 0.0524. The predicted molar refractivity (Wildman–Crippen MR) is 62.9 cm³/mol. The van der Waals surface area contributed by atoms with Gasteiger partial charge in [0.2, 0.25) is 15.9 Å². The highest BCUT2D eigenvalue weighted by molar-refractivity contribution is 7.89. The molecule has 1 saturated heterocycles.